The van der Waals surface area contributed by atoms with Crippen molar-refractivity contribution in [2.75, 3.05) is 12.0 Å². The minimum absolute atomic E-state index is 0.0722. The molecule has 4 nitrogen and oxygen atoms in total. The van der Waals surface area contributed by atoms with E-state index >= 15 is 0 Å². The predicted molar refractivity (Wildman–Crippen MR) is 83.5 cm³/mol. The molecule has 0 bridgehead atoms. The van der Waals surface area contributed by atoms with Crippen molar-refractivity contribution >= 4 is 40.5 Å². The number of halogens is 1. The molecule has 0 spiro atoms. The number of carboxylic acids is 1. The molecule has 1 aliphatic rings. The Morgan fingerprint density at radius 3 is 2.90 bits per heavy atom. The molecule has 3 rings (SSSR count). The second-order valence-corrected chi connectivity index (χ2v) is 7.37. The monoisotopic (exact) mass is 326 g/mol. The zero-order valence-electron chi connectivity index (χ0n) is 11.5. The van der Waals surface area contributed by atoms with Crippen LogP contribution in [-0.4, -0.2) is 37.4 Å². The highest BCUT2D eigenvalue weighted by atomic mass is 32.2. The van der Waals surface area contributed by atoms with Crippen LogP contribution in [0.3, 0.4) is 0 Å². The molecule has 1 N–H and O–H groups in total. The van der Waals surface area contributed by atoms with E-state index in [0.717, 1.165) is 36.7 Å². The number of para-hydroxylation sites is 1. The molecule has 1 aliphatic carbocycles. The van der Waals surface area contributed by atoms with E-state index in [9.17, 15) is 9.18 Å². The van der Waals surface area contributed by atoms with Crippen molar-refractivity contribution in [3.63, 3.8) is 0 Å². The number of thioether (sulfide) groups is 2. The lowest BCUT2D eigenvalue weighted by atomic mass is 10.3. The first-order valence-corrected chi connectivity index (χ1v) is 8.80. The Bertz CT molecular complexity index is 698. The topological polar surface area (TPSA) is 55.1 Å². The van der Waals surface area contributed by atoms with Gasteiger partial charge in [-0.25, -0.2) is 9.37 Å². The van der Waals surface area contributed by atoms with Crippen molar-refractivity contribution < 1.29 is 14.3 Å². The van der Waals surface area contributed by atoms with E-state index < -0.39 is 5.97 Å². The van der Waals surface area contributed by atoms with Crippen molar-refractivity contribution in [1.29, 1.82) is 0 Å². The lowest BCUT2D eigenvalue weighted by Gasteiger charge is -2.15. The fraction of sp³-hybridized carbons (Fsp3) is 0.429. The van der Waals surface area contributed by atoms with Crippen LogP contribution in [0.2, 0.25) is 0 Å². The Kier molecular flexibility index (Phi) is 3.88. The minimum Gasteiger partial charge on any atom is -0.481 e. The number of rotatable bonds is 6. The number of benzene rings is 1. The van der Waals surface area contributed by atoms with Crippen LogP contribution in [0.1, 0.15) is 12.8 Å². The highest BCUT2D eigenvalue weighted by Crippen LogP contribution is 2.49. The van der Waals surface area contributed by atoms with Gasteiger partial charge in [0.2, 0.25) is 0 Å². The zero-order chi connectivity index (χ0) is 15.0. The second-order valence-electron chi connectivity index (χ2n) is 5.16. The first-order valence-electron chi connectivity index (χ1n) is 6.59. The van der Waals surface area contributed by atoms with Gasteiger partial charge in [-0.2, -0.15) is 11.8 Å². The smallest absolute Gasteiger partial charge is 0.313 e. The maximum atomic E-state index is 13.9. The van der Waals surface area contributed by atoms with Crippen molar-refractivity contribution in [2.45, 2.75) is 29.3 Å². The molecule has 0 atom stereocenters. The molecule has 21 heavy (non-hydrogen) atoms. The number of fused-ring (bicyclic) bond motifs is 1. The molecule has 2 aromatic rings. The summed E-state index contributed by atoms with van der Waals surface area (Å²) in [7, 11) is 0. The van der Waals surface area contributed by atoms with E-state index in [1.807, 2.05) is 22.4 Å². The molecule has 1 fully saturated rings. The van der Waals surface area contributed by atoms with Gasteiger partial charge >= 0.3 is 5.97 Å². The molecule has 1 heterocycles. The van der Waals surface area contributed by atoms with Gasteiger partial charge in [-0.05, 0) is 31.2 Å². The second kappa shape index (κ2) is 5.53. The highest BCUT2D eigenvalue weighted by molar-refractivity contribution is 8.00. The molecule has 0 unspecified atom stereocenters. The zero-order valence-corrected chi connectivity index (χ0v) is 13.1. The first kappa shape index (κ1) is 14.7. The molecule has 7 heteroatoms. The largest absolute Gasteiger partial charge is 0.481 e. The SMILES string of the molecule is CSC1(Cn2c(SCC(=O)O)nc3c(F)cccc32)CC1. The van der Waals surface area contributed by atoms with Crippen LogP contribution in [0.4, 0.5) is 4.39 Å². The van der Waals surface area contributed by atoms with Gasteiger partial charge in [-0.1, -0.05) is 17.8 Å². The van der Waals surface area contributed by atoms with E-state index in [2.05, 4.69) is 11.2 Å². The van der Waals surface area contributed by atoms with Crippen molar-refractivity contribution in [3.05, 3.63) is 24.0 Å². The van der Waals surface area contributed by atoms with Gasteiger partial charge in [0, 0.05) is 11.3 Å². The third-order valence-corrected chi connectivity index (χ3v) is 6.07. The summed E-state index contributed by atoms with van der Waals surface area (Å²) in [5.74, 6) is -1.33. The summed E-state index contributed by atoms with van der Waals surface area (Å²) in [6.07, 6.45) is 4.34. The number of hydrogen-bond acceptors (Lipinski definition) is 4. The summed E-state index contributed by atoms with van der Waals surface area (Å²) in [5, 5.41) is 9.43. The number of aromatic nitrogens is 2. The molecule has 1 aromatic carbocycles. The van der Waals surface area contributed by atoms with E-state index in [-0.39, 0.29) is 16.3 Å². The van der Waals surface area contributed by atoms with Crippen molar-refractivity contribution in [1.82, 2.24) is 9.55 Å². The Balaban J connectivity index is 2.02. The Hall–Kier alpha value is -1.21. The Labute approximate surface area is 130 Å². The van der Waals surface area contributed by atoms with Crippen molar-refractivity contribution in [3.8, 4) is 0 Å². The van der Waals surface area contributed by atoms with Crippen LogP contribution in [0.15, 0.2) is 23.4 Å². The molecule has 0 amide bonds. The minimum atomic E-state index is -0.898. The van der Waals surface area contributed by atoms with Gasteiger partial charge < -0.3 is 9.67 Å². The maximum Gasteiger partial charge on any atom is 0.313 e. The summed E-state index contributed by atoms with van der Waals surface area (Å²) < 4.78 is 16.1. The Morgan fingerprint density at radius 2 is 2.29 bits per heavy atom. The van der Waals surface area contributed by atoms with Crippen LogP contribution in [0.5, 0.6) is 0 Å². The van der Waals surface area contributed by atoms with E-state index in [1.54, 1.807) is 6.07 Å². The van der Waals surface area contributed by atoms with E-state index in [0.29, 0.717) is 10.7 Å². The molecule has 1 saturated carbocycles. The normalized spacial score (nSPS) is 16.3. The Morgan fingerprint density at radius 1 is 1.52 bits per heavy atom. The van der Waals surface area contributed by atoms with Crippen molar-refractivity contribution in [2.24, 2.45) is 0 Å². The van der Waals surface area contributed by atoms with Crippen LogP contribution >= 0.6 is 23.5 Å². The summed E-state index contributed by atoms with van der Waals surface area (Å²) in [6, 6.07) is 4.89. The van der Waals surface area contributed by atoms with Crippen LogP contribution in [0, 0.1) is 5.82 Å². The lowest BCUT2D eigenvalue weighted by molar-refractivity contribution is -0.133. The number of hydrogen-bond donors (Lipinski definition) is 1. The molecule has 0 aliphatic heterocycles. The average molecular weight is 326 g/mol. The van der Waals surface area contributed by atoms with Gasteiger partial charge in [-0.15, -0.1) is 0 Å². The quantitative estimate of drug-likeness (QED) is 0.826. The first-order chi connectivity index (χ1) is 10.0. The number of carboxylic acid groups (broad SMARTS) is 1. The fourth-order valence-electron chi connectivity index (χ4n) is 2.34. The molecule has 1 aromatic heterocycles. The third-order valence-electron chi connectivity index (χ3n) is 3.71. The molecular formula is C14H15FN2O2S2. The standard InChI is InChI=1S/C14H15FN2O2S2/c1-20-14(5-6-14)8-17-10-4-2-3-9(15)12(10)16-13(17)21-7-11(18)19/h2-4H,5-8H2,1H3,(H,18,19). The molecule has 0 radical (unpaired) electrons. The van der Waals surface area contributed by atoms with E-state index in [4.69, 9.17) is 5.11 Å². The van der Waals surface area contributed by atoms with Gasteiger partial charge in [0.15, 0.2) is 11.0 Å². The van der Waals surface area contributed by atoms with Gasteiger partial charge in [0.25, 0.3) is 0 Å². The third kappa shape index (κ3) is 2.89. The number of nitrogens with zero attached hydrogens (tertiary/aromatic N) is 2. The van der Waals surface area contributed by atoms with Gasteiger partial charge in [-0.3, -0.25) is 4.79 Å². The summed E-state index contributed by atoms with van der Waals surface area (Å²) in [5.41, 5.74) is 1.06. The number of aliphatic carboxylic acids is 1. The highest BCUT2D eigenvalue weighted by Gasteiger charge is 2.43. The fourth-order valence-corrected chi connectivity index (χ4v) is 3.83. The van der Waals surface area contributed by atoms with E-state index in [1.165, 1.54) is 6.07 Å². The average Bonchev–Trinajstić information content (AvgIpc) is 3.14. The molecular weight excluding hydrogens is 311 g/mol. The van der Waals surface area contributed by atoms with Gasteiger partial charge in [0.05, 0.1) is 11.3 Å². The predicted octanol–water partition coefficient (Wildman–Crippen LogP) is 3.25. The summed E-state index contributed by atoms with van der Waals surface area (Å²) in [6.45, 7) is 0.746. The number of carbonyl (C=O) groups is 1. The summed E-state index contributed by atoms with van der Waals surface area (Å²) in [4.78, 5) is 15.1. The van der Waals surface area contributed by atoms with Crippen LogP contribution in [-0.2, 0) is 11.3 Å². The molecule has 0 saturated heterocycles. The lowest BCUT2D eigenvalue weighted by Crippen LogP contribution is -2.15. The van der Waals surface area contributed by atoms with Crippen LogP contribution < -0.4 is 0 Å². The summed E-state index contributed by atoms with van der Waals surface area (Å²) >= 11 is 2.96. The maximum absolute atomic E-state index is 13.9. The van der Waals surface area contributed by atoms with Gasteiger partial charge in [0.1, 0.15) is 5.52 Å². The molecule has 112 valence electrons. The van der Waals surface area contributed by atoms with Crippen LogP contribution in [0.25, 0.3) is 11.0 Å². The number of imidazole rings is 1.